The Morgan fingerprint density at radius 2 is 2.12 bits per heavy atom. The second-order valence-electron chi connectivity index (χ2n) is 4.90. The van der Waals surface area contributed by atoms with Crippen LogP contribution in [-0.2, 0) is 0 Å². The maximum atomic E-state index is 11.1. The van der Waals surface area contributed by atoms with Crippen molar-refractivity contribution < 1.29 is 4.92 Å². The van der Waals surface area contributed by atoms with Crippen LogP contribution in [0.2, 0.25) is 0 Å². The standard InChI is InChI=1S/C13H18N2O2/c1-9-7-8-14(11(9)3)13-10(2)5-4-6-12(13)15(16)17/h4-6,9,11H,7-8H2,1-3H3. The summed E-state index contributed by atoms with van der Waals surface area (Å²) in [5, 5.41) is 11.1. The smallest absolute Gasteiger partial charge is 0.292 e. The van der Waals surface area contributed by atoms with E-state index >= 15 is 0 Å². The van der Waals surface area contributed by atoms with E-state index in [1.807, 2.05) is 13.0 Å². The maximum Gasteiger partial charge on any atom is 0.292 e. The Kier molecular flexibility index (Phi) is 3.05. The molecule has 1 heterocycles. The molecule has 17 heavy (non-hydrogen) atoms. The molecule has 4 nitrogen and oxygen atoms in total. The van der Waals surface area contributed by atoms with Gasteiger partial charge in [0.15, 0.2) is 0 Å². The lowest BCUT2D eigenvalue weighted by Crippen LogP contribution is -2.30. The molecule has 0 saturated carbocycles. The fraction of sp³-hybridized carbons (Fsp3) is 0.538. The minimum Gasteiger partial charge on any atom is -0.363 e. The highest BCUT2D eigenvalue weighted by molar-refractivity contribution is 5.68. The van der Waals surface area contributed by atoms with Gasteiger partial charge < -0.3 is 4.90 Å². The average molecular weight is 234 g/mol. The lowest BCUT2D eigenvalue weighted by molar-refractivity contribution is -0.384. The van der Waals surface area contributed by atoms with Crippen LogP contribution in [0.5, 0.6) is 0 Å². The lowest BCUT2D eigenvalue weighted by atomic mass is 10.0. The number of nitro groups is 1. The van der Waals surface area contributed by atoms with Crippen molar-refractivity contribution in [2.75, 3.05) is 11.4 Å². The molecule has 2 unspecified atom stereocenters. The minimum absolute atomic E-state index is 0.228. The van der Waals surface area contributed by atoms with Crippen LogP contribution in [0.3, 0.4) is 0 Å². The van der Waals surface area contributed by atoms with Gasteiger partial charge in [0, 0.05) is 18.7 Å². The van der Waals surface area contributed by atoms with Crippen LogP contribution in [0.4, 0.5) is 11.4 Å². The second-order valence-corrected chi connectivity index (χ2v) is 4.90. The lowest BCUT2D eigenvalue weighted by Gasteiger charge is -2.26. The van der Waals surface area contributed by atoms with Gasteiger partial charge >= 0.3 is 0 Å². The zero-order valence-electron chi connectivity index (χ0n) is 10.5. The predicted molar refractivity (Wildman–Crippen MR) is 68.4 cm³/mol. The number of rotatable bonds is 2. The Balaban J connectivity index is 2.47. The van der Waals surface area contributed by atoms with E-state index in [-0.39, 0.29) is 10.6 Å². The molecule has 4 heteroatoms. The number of hydrogen-bond acceptors (Lipinski definition) is 3. The number of nitro benzene ring substituents is 1. The normalized spacial score (nSPS) is 24.1. The van der Waals surface area contributed by atoms with Crippen LogP contribution < -0.4 is 4.90 Å². The third-order valence-corrected chi connectivity index (χ3v) is 3.84. The Morgan fingerprint density at radius 1 is 1.41 bits per heavy atom. The van der Waals surface area contributed by atoms with E-state index in [9.17, 15) is 10.1 Å². The van der Waals surface area contributed by atoms with E-state index in [4.69, 9.17) is 0 Å². The van der Waals surface area contributed by atoms with Crippen molar-refractivity contribution in [3.63, 3.8) is 0 Å². The van der Waals surface area contributed by atoms with Gasteiger partial charge in [-0.05, 0) is 31.7 Å². The van der Waals surface area contributed by atoms with Crippen molar-refractivity contribution in [1.29, 1.82) is 0 Å². The molecular weight excluding hydrogens is 216 g/mol. The summed E-state index contributed by atoms with van der Waals surface area (Å²) in [7, 11) is 0. The van der Waals surface area contributed by atoms with Crippen molar-refractivity contribution in [3.05, 3.63) is 33.9 Å². The van der Waals surface area contributed by atoms with Crippen molar-refractivity contribution in [1.82, 2.24) is 0 Å². The summed E-state index contributed by atoms with van der Waals surface area (Å²) >= 11 is 0. The molecule has 2 rings (SSSR count). The molecular formula is C13H18N2O2. The summed E-state index contributed by atoms with van der Waals surface area (Å²) in [5.74, 6) is 0.592. The molecule has 0 aromatic heterocycles. The zero-order valence-corrected chi connectivity index (χ0v) is 10.5. The van der Waals surface area contributed by atoms with Gasteiger partial charge in [0.1, 0.15) is 5.69 Å². The highest BCUT2D eigenvalue weighted by Gasteiger charge is 2.32. The average Bonchev–Trinajstić information content (AvgIpc) is 2.60. The molecule has 1 aliphatic heterocycles. The summed E-state index contributed by atoms with van der Waals surface area (Å²) < 4.78 is 0. The summed E-state index contributed by atoms with van der Waals surface area (Å²) in [6, 6.07) is 5.66. The van der Waals surface area contributed by atoms with E-state index in [0.29, 0.717) is 12.0 Å². The van der Waals surface area contributed by atoms with Crippen molar-refractivity contribution >= 4 is 11.4 Å². The Labute approximate surface area is 101 Å². The summed E-state index contributed by atoms with van der Waals surface area (Å²) in [4.78, 5) is 13.0. The molecule has 0 radical (unpaired) electrons. The van der Waals surface area contributed by atoms with E-state index in [0.717, 1.165) is 24.2 Å². The summed E-state index contributed by atoms with van der Waals surface area (Å²) in [5.41, 5.74) is 2.01. The van der Waals surface area contributed by atoms with Crippen LogP contribution in [0.15, 0.2) is 18.2 Å². The highest BCUT2D eigenvalue weighted by Crippen LogP contribution is 2.37. The first-order chi connectivity index (χ1) is 8.02. The van der Waals surface area contributed by atoms with Gasteiger partial charge in [0.05, 0.1) is 4.92 Å². The van der Waals surface area contributed by atoms with Crippen molar-refractivity contribution in [3.8, 4) is 0 Å². The molecule has 92 valence electrons. The molecule has 0 aliphatic carbocycles. The van der Waals surface area contributed by atoms with Crippen LogP contribution in [0.1, 0.15) is 25.8 Å². The van der Waals surface area contributed by atoms with Gasteiger partial charge in [-0.1, -0.05) is 19.1 Å². The van der Waals surface area contributed by atoms with E-state index < -0.39 is 0 Å². The Bertz CT molecular complexity index is 445. The molecule has 1 aromatic rings. The number of aryl methyl sites for hydroxylation is 1. The monoisotopic (exact) mass is 234 g/mol. The Hall–Kier alpha value is -1.58. The molecule has 0 amide bonds. The second kappa shape index (κ2) is 4.35. The molecule has 0 spiro atoms. The van der Waals surface area contributed by atoms with Crippen molar-refractivity contribution in [2.45, 2.75) is 33.2 Å². The largest absolute Gasteiger partial charge is 0.363 e. The molecule has 0 bridgehead atoms. The predicted octanol–water partition coefficient (Wildman–Crippen LogP) is 3.14. The van der Waals surface area contributed by atoms with Gasteiger partial charge in [-0.15, -0.1) is 0 Å². The third-order valence-electron chi connectivity index (χ3n) is 3.84. The minimum atomic E-state index is -0.280. The zero-order chi connectivity index (χ0) is 12.6. The fourth-order valence-corrected chi connectivity index (χ4v) is 2.57. The first kappa shape index (κ1) is 11.9. The number of benzene rings is 1. The van der Waals surface area contributed by atoms with Gasteiger partial charge in [0.2, 0.25) is 0 Å². The molecule has 1 aliphatic rings. The SMILES string of the molecule is Cc1cccc([N+](=O)[O-])c1N1CCC(C)C1C. The van der Waals surface area contributed by atoms with E-state index in [2.05, 4.69) is 18.7 Å². The van der Waals surface area contributed by atoms with Crippen LogP contribution in [0, 0.1) is 23.0 Å². The van der Waals surface area contributed by atoms with Gasteiger partial charge in [-0.25, -0.2) is 0 Å². The van der Waals surface area contributed by atoms with Crippen LogP contribution in [-0.4, -0.2) is 17.5 Å². The Morgan fingerprint density at radius 3 is 2.65 bits per heavy atom. The number of para-hydroxylation sites is 1. The highest BCUT2D eigenvalue weighted by atomic mass is 16.6. The quantitative estimate of drug-likeness (QED) is 0.583. The number of anilines is 1. The molecule has 0 N–H and O–H groups in total. The van der Waals surface area contributed by atoms with E-state index in [1.54, 1.807) is 12.1 Å². The molecule has 2 atom stereocenters. The third kappa shape index (κ3) is 1.99. The topological polar surface area (TPSA) is 46.4 Å². The first-order valence-corrected chi connectivity index (χ1v) is 6.03. The van der Waals surface area contributed by atoms with Gasteiger partial charge in [-0.3, -0.25) is 10.1 Å². The molecule has 1 fully saturated rings. The maximum absolute atomic E-state index is 11.1. The molecule has 1 aromatic carbocycles. The van der Waals surface area contributed by atoms with Gasteiger partial charge in [0.25, 0.3) is 5.69 Å². The van der Waals surface area contributed by atoms with E-state index in [1.165, 1.54) is 0 Å². The summed E-state index contributed by atoms with van der Waals surface area (Å²) in [6.07, 6.45) is 1.10. The van der Waals surface area contributed by atoms with Gasteiger partial charge in [-0.2, -0.15) is 0 Å². The number of hydrogen-bond donors (Lipinski definition) is 0. The van der Waals surface area contributed by atoms with Crippen molar-refractivity contribution in [2.24, 2.45) is 5.92 Å². The fourth-order valence-electron chi connectivity index (χ4n) is 2.57. The summed E-state index contributed by atoms with van der Waals surface area (Å²) in [6.45, 7) is 7.20. The van der Waals surface area contributed by atoms with Crippen LogP contribution >= 0.6 is 0 Å². The number of nitrogens with zero attached hydrogens (tertiary/aromatic N) is 2. The van der Waals surface area contributed by atoms with Crippen LogP contribution in [0.25, 0.3) is 0 Å². The first-order valence-electron chi connectivity index (χ1n) is 6.03. The molecule has 1 saturated heterocycles.